The van der Waals surface area contributed by atoms with Crippen molar-refractivity contribution in [1.29, 1.82) is 0 Å². The first kappa shape index (κ1) is 17.3. The van der Waals surface area contributed by atoms with Gasteiger partial charge in [0.15, 0.2) is 0 Å². The minimum atomic E-state index is -0.259. The van der Waals surface area contributed by atoms with E-state index in [1.54, 1.807) is 31.2 Å². The van der Waals surface area contributed by atoms with Gasteiger partial charge in [-0.2, -0.15) is 0 Å². The van der Waals surface area contributed by atoms with Crippen LogP contribution in [0.3, 0.4) is 0 Å². The van der Waals surface area contributed by atoms with Gasteiger partial charge >= 0.3 is 12.0 Å². The Kier molecular flexibility index (Phi) is 6.40. The molecular formula is C17H24N2O4. The van der Waals surface area contributed by atoms with Gasteiger partial charge in [0.25, 0.3) is 0 Å². The van der Waals surface area contributed by atoms with Crippen LogP contribution in [-0.2, 0) is 16.0 Å². The van der Waals surface area contributed by atoms with Gasteiger partial charge in [-0.05, 0) is 50.3 Å². The molecule has 0 heterocycles. The highest BCUT2D eigenvalue weighted by atomic mass is 16.5. The average molecular weight is 320 g/mol. The molecule has 6 nitrogen and oxygen atoms in total. The van der Waals surface area contributed by atoms with E-state index in [4.69, 9.17) is 4.74 Å². The molecule has 2 rings (SSSR count). The summed E-state index contributed by atoms with van der Waals surface area (Å²) in [6.45, 7) is 2.15. The number of amides is 2. The number of carbonyl (C=O) groups is 2. The van der Waals surface area contributed by atoms with Crippen LogP contribution >= 0.6 is 0 Å². The largest absolute Gasteiger partial charge is 0.466 e. The van der Waals surface area contributed by atoms with Crippen LogP contribution in [-0.4, -0.2) is 35.9 Å². The van der Waals surface area contributed by atoms with E-state index in [2.05, 4.69) is 10.6 Å². The summed E-state index contributed by atoms with van der Waals surface area (Å²) >= 11 is 0. The Morgan fingerprint density at radius 1 is 1.17 bits per heavy atom. The minimum Gasteiger partial charge on any atom is -0.466 e. The molecule has 1 fully saturated rings. The molecule has 1 aromatic carbocycles. The zero-order valence-electron chi connectivity index (χ0n) is 13.4. The number of ether oxygens (including phenoxy) is 1. The van der Waals surface area contributed by atoms with E-state index in [0.29, 0.717) is 12.3 Å². The highest BCUT2D eigenvalue weighted by molar-refractivity contribution is 5.89. The normalized spacial score (nSPS) is 20.6. The maximum atomic E-state index is 12.0. The van der Waals surface area contributed by atoms with Crippen molar-refractivity contribution in [3.63, 3.8) is 0 Å². The molecule has 1 aliphatic carbocycles. The molecule has 0 saturated heterocycles. The summed E-state index contributed by atoms with van der Waals surface area (Å²) in [5.74, 6) is -0.259. The van der Waals surface area contributed by atoms with Crippen molar-refractivity contribution in [3.8, 4) is 0 Å². The summed E-state index contributed by atoms with van der Waals surface area (Å²) in [6, 6.07) is 6.98. The molecule has 0 aliphatic heterocycles. The van der Waals surface area contributed by atoms with Gasteiger partial charge < -0.3 is 20.5 Å². The fourth-order valence-corrected chi connectivity index (χ4v) is 2.66. The number of aliphatic hydroxyl groups excluding tert-OH is 1. The maximum Gasteiger partial charge on any atom is 0.319 e. The number of urea groups is 1. The van der Waals surface area contributed by atoms with Crippen molar-refractivity contribution in [2.45, 2.75) is 51.2 Å². The van der Waals surface area contributed by atoms with E-state index in [-0.39, 0.29) is 30.6 Å². The van der Waals surface area contributed by atoms with Gasteiger partial charge in [0.2, 0.25) is 0 Å². The topological polar surface area (TPSA) is 87.7 Å². The summed E-state index contributed by atoms with van der Waals surface area (Å²) in [5.41, 5.74) is 1.52. The Morgan fingerprint density at radius 2 is 1.83 bits per heavy atom. The lowest BCUT2D eigenvalue weighted by Gasteiger charge is -2.26. The lowest BCUT2D eigenvalue weighted by atomic mass is 9.93. The van der Waals surface area contributed by atoms with Gasteiger partial charge in [-0.1, -0.05) is 12.1 Å². The highest BCUT2D eigenvalue weighted by Crippen LogP contribution is 2.18. The molecule has 0 bridgehead atoms. The first-order chi connectivity index (χ1) is 11.1. The second kappa shape index (κ2) is 8.53. The third-order valence-electron chi connectivity index (χ3n) is 3.90. The molecule has 23 heavy (non-hydrogen) atoms. The van der Waals surface area contributed by atoms with Crippen LogP contribution in [0.2, 0.25) is 0 Å². The molecule has 1 saturated carbocycles. The molecule has 0 spiro atoms. The number of anilines is 1. The van der Waals surface area contributed by atoms with Crippen molar-refractivity contribution in [3.05, 3.63) is 29.8 Å². The number of benzene rings is 1. The standard InChI is InChI=1S/C17H24N2O4/c1-2-23-16(21)11-12-3-5-13(6-4-12)18-17(22)19-14-7-9-15(20)10-8-14/h3-6,14-15,20H,2,7-11H2,1H3,(H2,18,19,22). The lowest BCUT2D eigenvalue weighted by Crippen LogP contribution is -2.40. The zero-order chi connectivity index (χ0) is 16.7. The van der Waals surface area contributed by atoms with Gasteiger partial charge in [0, 0.05) is 11.7 Å². The predicted molar refractivity (Wildman–Crippen MR) is 87.2 cm³/mol. The first-order valence-corrected chi connectivity index (χ1v) is 8.07. The van der Waals surface area contributed by atoms with E-state index in [1.165, 1.54) is 0 Å². The monoisotopic (exact) mass is 320 g/mol. The number of nitrogens with one attached hydrogen (secondary N) is 2. The van der Waals surface area contributed by atoms with Crippen molar-refractivity contribution in [2.24, 2.45) is 0 Å². The quantitative estimate of drug-likeness (QED) is 0.726. The van der Waals surface area contributed by atoms with Crippen LogP contribution in [0.4, 0.5) is 10.5 Å². The predicted octanol–water partition coefficient (Wildman–Crippen LogP) is 2.22. The maximum absolute atomic E-state index is 12.0. The molecule has 0 radical (unpaired) electrons. The van der Waals surface area contributed by atoms with E-state index in [0.717, 1.165) is 31.2 Å². The molecule has 0 atom stereocenters. The Morgan fingerprint density at radius 3 is 2.43 bits per heavy atom. The summed E-state index contributed by atoms with van der Waals surface area (Å²) < 4.78 is 4.90. The smallest absolute Gasteiger partial charge is 0.319 e. The molecular weight excluding hydrogens is 296 g/mol. The first-order valence-electron chi connectivity index (χ1n) is 8.07. The number of aliphatic hydroxyl groups is 1. The van der Waals surface area contributed by atoms with Crippen LogP contribution < -0.4 is 10.6 Å². The summed E-state index contributed by atoms with van der Waals surface area (Å²) in [7, 11) is 0. The van der Waals surface area contributed by atoms with Crippen LogP contribution in [0.5, 0.6) is 0 Å². The lowest BCUT2D eigenvalue weighted by molar-refractivity contribution is -0.142. The minimum absolute atomic E-state index is 0.112. The second-order valence-electron chi connectivity index (χ2n) is 5.78. The van der Waals surface area contributed by atoms with Gasteiger partial charge in [0.1, 0.15) is 0 Å². The molecule has 1 aliphatic rings. The molecule has 2 amide bonds. The van der Waals surface area contributed by atoms with E-state index in [9.17, 15) is 14.7 Å². The number of rotatable bonds is 5. The zero-order valence-corrected chi connectivity index (χ0v) is 13.4. The number of hydrogen-bond donors (Lipinski definition) is 3. The summed E-state index contributed by atoms with van der Waals surface area (Å²) in [6.07, 6.45) is 3.05. The Hall–Kier alpha value is -2.08. The molecule has 0 unspecified atom stereocenters. The third-order valence-corrected chi connectivity index (χ3v) is 3.90. The molecule has 0 aromatic heterocycles. The van der Waals surface area contributed by atoms with E-state index in [1.807, 2.05) is 0 Å². The average Bonchev–Trinajstić information content (AvgIpc) is 2.52. The molecule has 1 aromatic rings. The number of hydrogen-bond acceptors (Lipinski definition) is 4. The van der Waals surface area contributed by atoms with Crippen LogP contribution in [0.25, 0.3) is 0 Å². The fraction of sp³-hybridized carbons (Fsp3) is 0.529. The second-order valence-corrected chi connectivity index (χ2v) is 5.78. The Balaban J connectivity index is 1.78. The van der Waals surface area contributed by atoms with Gasteiger partial charge in [-0.3, -0.25) is 4.79 Å². The van der Waals surface area contributed by atoms with Crippen molar-refractivity contribution in [1.82, 2.24) is 5.32 Å². The van der Waals surface area contributed by atoms with Gasteiger partial charge in [-0.15, -0.1) is 0 Å². The SMILES string of the molecule is CCOC(=O)Cc1ccc(NC(=O)NC2CCC(O)CC2)cc1. The summed E-state index contributed by atoms with van der Waals surface area (Å²) in [5, 5.41) is 15.2. The van der Waals surface area contributed by atoms with Gasteiger partial charge in [0.05, 0.1) is 19.1 Å². The Bertz CT molecular complexity index is 522. The van der Waals surface area contributed by atoms with Crippen LogP contribution in [0.1, 0.15) is 38.2 Å². The number of esters is 1. The van der Waals surface area contributed by atoms with E-state index >= 15 is 0 Å². The molecule has 6 heteroatoms. The fourth-order valence-electron chi connectivity index (χ4n) is 2.66. The summed E-state index contributed by atoms with van der Waals surface area (Å²) in [4.78, 5) is 23.4. The number of carbonyl (C=O) groups excluding carboxylic acids is 2. The highest BCUT2D eigenvalue weighted by Gasteiger charge is 2.20. The van der Waals surface area contributed by atoms with Crippen molar-refractivity contribution >= 4 is 17.7 Å². The third kappa shape index (κ3) is 5.90. The molecule has 3 N–H and O–H groups in total. The van der Waals surface area contributed by atoms with Crippen molar-refractivity contribution in [2.75, 3.05) is 11.9 Å². The molecule has 126 valence electrons. The van der Waals surface area contributed by atoms with E-state index < -0.39 is 0 Å². The van der Waals surface area contributed by atoms with Gasteiger partial charge in [-0.25, -0.2) is 4.79 Å². The van der Waals surface area contributed by atoms with Crippen LogP contribution in [0, 0.1) is 0 Å². The Labute approximate surface area is 136 Å². The van der Waals surface area contributed by atoms with Crippen LogP contribution in [0.15, 0.2) is 24.3 Å². The van der Waals surface area contributed by atoms with Crippen molar-refractivity contribution < 1.29 is 19.4 Å².